The summed E-state index contributed by atoms with van der Waals surface area (Å²) in [6.07, 6.45) is 4.27. The predicted octanol–water partition coefficient (Wildman–Crippen LogP) is 9.77. The van der Waals surface area contributed by atoms with Crippen molar-refractivity contribution in [2.24, 2.45) is 17.9 Å². The summed E-state index contributed by atoms with van der Waals surface area (Å²) in [6.45, 7) is 16.3. The molecule has 0 atom stereocenters. The van der Waals surface area contributed by atoms with E-state index < -0.39 is 13.3 Å². The minimum atomic E-state index is -2.13. The molecule has 212 valence electrons. The van der Waals surface area contributed by atoms with Gasteiger partial charge in [-0.3, -0.25) is 0 Å². The van der Waals surface area contributed by atoms with Crippen molar-refractivity contribution >= 4 is 50.0 Å². The second-order valence-corrected chi connectivity index (χ2v) is 26.4. The molecule has 0 amide bonds. The number of aryl methyl sites for hydroxylation is 2. The average Bonchev–Trinajstić information content (AvgIpc) is 2.85. The molecule has 0 saturated carbocycles. The predicted molar refractivity (Wildman–Crippen MR) is 180 cm³/mol. The molecule has 5 aromatic rings. The molecule has 1 aliphatic heterocycles. The number of benzene rings is 4. The summed E-state index contributed by atoms with van der Waals surface area (Å²) >= 11 is -2.13. The zero-order valence-electron chi connectivity index (χ0n) is 27.0. The van der Waals surface area contributed by atoms with Crippen LogP contribution in [0.2, 0.25) is 17.3 Å². The fraction of sp³-hybridized carbons (Fsp3) is 0.395. The summed E-state index contributed by atoms with van der Waals surface area (Å²) in [5.74, 6) is 9.52. The van der Waals surface area contributed by atoms with E-state index in [1.807, 2.05) is 0 Å². The van der Waals surface area contributed by atoms with Crippen LogP contribution in [0.15, 0.2) is 54.7 Å². The second kappa shape index (κ2) is 9.33. The summed E-state index contributed by atoms with van der Waals surface area (Å²) in [5.41, 5.74) is 6.94. The van der Waals surface area contributed by atoms with E-state index in [1.54, 1.807) is 4.40 Å². The monoisotopic (exact) mass is 606 g/mol. The van der Waals surface area contributed by atoms with E-state index >= 15 is 0 Å². The minimum absolute atomic E-state index is 0.119. The standard InChI is InChI=1S/C38H46GeNO/c1-23-28-19-24(21-37(2,3)4)15-16-26(28)30(22-38(5,6)7)36-33(23)35-34-27(17-18-40(35)11)25-13-12-14-31(39(8,9)10)29(25)20-32(34)41-36/h12-20H,21-22H2,1-11H3/q+1. The Morgan fingerprint density at radius 1 is 0.756 bits per heavy atom. The van der Waals surface area contributed by atoms with Gasteiger partial charge in [0.2, 0.25) is 0 Å². The zero-order valence-corrected chi connectivity index (χ0v) is 29.1. The Hall–Kier alpha value is -2.85. The van der Waals surface area contributed by atoms with Crippen LogP contribution in [0.3, 0.4) is 0 Å². The van der Waals surface area contributed by atoms with Crippen LogP contribution in [0.4, 0.5) is 0 Å². The van der Waals surface area contributed by atoms with Crippen LogP contribution in [0.1, 0.15) is 58.2 Å². The Bertz CT molecular complexity index is 1880. The molecule has 0 spiro atoms. The van der Waals surface area contributed by atoms with Crippen molar-refractivity contribution in [2.45, 2.75) is 78.6 Å². The van der Waals surface area contributed by atoms with Crippen molar-refractivity contribution in [1.29, 1.82) is 0 Å². The number of hydrogen-bond acceptors (Lipinski definition) is 1. The summed E-state index contributed by atoms with van der Waals surface area (Å²) in [4.78, 5) is 0. The van der Waals surface area contributed by atoms with Crippen LogP contribution in [0.25, 0.3) is 43.6 Å². The van der Waals surface area contributed by atoms with Crippen molar-refractivity contribution in [2.75, 3.05) is 0 Å². The summed E-state index contributed by atoms with van der Waals surface area (Å²) in [5, 5.41) is 7.94. The van der Waals surface area contributed by atoms with E-state index in [4.69, 9.17) is 4.74 Å². The number of fused-ring (bicyclic) bond motifs is 5. The molecule has 1 aromatic heterocycles. The number of rotatable bonds is 3. The van der Waals surface area contributed by atoms with Gasteiger partial charge in [-0.25, -0.2) is 0 Å². The van der Waals surface area contributed by atoms with Crippen LogP contribution < -0.4 is 13.7 Å². The van der Waals surface area contributed by atoms with Gasteiger partial charge in [-0.05, 0) is 5.41 Å². The molecular weight excluding hydrogens is 559 g/mol. The quantitative estimate of drug-likeness (QED) is 0.111. The van der Waals surface area contributed by atoms with Crippen molar-refractivity contribution in [3.8, 4) is 22.8 Å². The van der Waals surface area contributed by atoms with Crippen molar-refractivity contribution in [1.82, 2.24) is 0 Å². The third-order valence-electron chi connectivity index (χ3n) is 8.63. The van der Waals surface area contributed by atoms with Gasteiger partial charge >= 0.3 is 224 Å². The molecule has 6 rings (SSSR count). The molecule has 3 heteroatoms. The molecule has 0 fully saturated rings. The summed E-state index contributed by atoms with van der Waals surface area (Å²) in [6, 6.07) is 18.8. The Labute approximate surface area is 249 Å². The SMILES string of the molecule is Cc1c2c(c(CC(C)(C)C)c3ccc(CC(C)(C)C)cc13)Oc1cc3[c]([Ge]([CH3])([CH3])[CH3])cccc3c3cc[n+](C)c-2c13. The number of aromatic nitrogens is 1. The van der Waals surface area contributed by atoms with Gasteiger partial charge in [0.1, 0.15) is 0 Å². The Balaban J connectivity index is 1.76. The number of nitrogens with zero attached hydrogens (tertiary/aromatic N) is 1. The molecule has 0 saturated heterocycles. The van der Waals surface area contributed by atoms with Crippen LogP contribution in [-0.2, 0) is 19.9 Å². The van der Waals surface area contributed by atoms with Gasteiger partial charge in [-0.1, -0.05) is 20.8 Å². The van der Waals surface area contributed by atoms with Gasteiger partial charge in [-0.15, -0.1) is 0 Å². The molecule has 0 N–H and O–H groups in total. The van der Waals surface area contributed by atoms with Crippen LogP contribution in [0.5, 0.6) is 11.5 Å². The van der Waals surface area contributed by atoms with Gasteiger partial charge in [0, 0.05) is 0 Å². The average molecular weight is 605 g/mol. The van der Waals surface area contributed by atoms with E-state index in [0.29, 0.717) is 0 Å². The third kappa shape index (κ3) is 4.86. The van der Waals surface area contributed by atoms with E-state index in [2.05, 4.69) is 132 Å². The fourth-order valence-corrected chi connectivity index (χ4v) is 10.4. The number of ether oxygens (including phenoxy) is 1. The molecule has 1 aliphatic rings. The normalized spacial score (nSPS) is 13.6. The van der Waals surface area contributed by atoms with E-state index in [1.165, 1.54) is 60.3 Å². The first kappa shape index (κ1) is 28.3. The van der Waals surface area contributed by atoms with E-state index in [-0.39, 0.29) is 10.8 Å². The number of hydrogen-bond donors (Lipinski definition) is 0. The fourth-order valence-electron chi connectivity index (χ4n) is 7.00. The van der Waals surface area contributed by atoms with Gasteiger partial charge < -0.3 is 0 Å². The topological polar surface area (TPSA) is 13.1 Å². The molecule has 0 bridgehead atoms. The van der Waals surface area contributed by atoms with Crippen molar-refractivity contribution < 1.29 is 9.30 Å². The first-order chi connectivity index (χ1) is 19.0. The van der Waals surface area contributed by atoms with Gasteiger partial charge in [-0.2, -0.15) is 0 Å². The van der Waals surface area contributed by atoms with Crippen molar-refractivity contribution in [3.05, 3.63) is 71.4 Å². The van der Waals surface area contributed by atoms with Crippen molar-refractivity contribution in [3.63, 3.8) is 0 Å². The first-order valence-electron chi connectivity index (χ1n) is 15.2. The molecule has 4 aromatic carbocycles. The van der Waals surface area contributed by atoms with Gasteiger partial charge in [0.05, 0.1) is 0 Å². The number of pyridine rings is 1. The van der Waals surface area contributed by atoms with Crippen LogP contribution >= 0.6 is 0 Å². The maximum absolute atomic E-state index is 7.16. The molecule has 0 unspecified atom stereocenters. The Morgan fingerprint density at radius 2 is 1.46 bits per heavy atom. The second-order valence-electron chi connectivity index (χ2n) is 15.9. The summed E-state index contributed by atoms with van der Waals surface area (Å²) < 4.78 is 11.0. The zero-order chi connectivity index (χ0) is 29.6. The van der Waals surface area contributed by atoms with Crippen LogP contribution in [0, 0.1) is 17.8 Å². The van der Waals surface area contributed by atoms with E-state index in [0.717, 1.165) is 24.3 Å². The maximum atomic E-state index is 7.16. The third-order valence-corrected chi connectivity index (χ3v) is 12.9. The Morgan fingerprint density at radius 3 is 2.12 bits per heavy atom. The van der Waals surface area contributed by atoms with Crippen LogP contribution in [-0.4, -0.2) is 13.3 Å². The molecule has 0 radical (unpaired) electrons. The van der Waals surface area contributed by atoms with E-state index in [9.17, 15) is 0 Å². The molecule has 41 heavy (non-hydrogen) atoms. The molecule has 0 aliphatic carbocycles. The molecule has 2 heterocycles. The molecule has 2 nitrogen and oxygen atoms in total. The summed E-state index contributed by atoms with van der Waals surface area (Å²) in [7, 11) is 2.20. The molecular formula is C38H46GeNO+. The Kier molecular flexibility index (Phi) is 6.43. The van der Waals surface area contributed by atoms with Gasteiger partial charge in [0.25, 0.3) is 0 Å². The first-order valence-corrected chi connectivity index (χ1v) is 22.5. The van der Waals surface area contributed by atoms with Gasteiger partial charge in [0.15, 0.2) is 0 Å².